The Balaban J connectivity index is 3.42. The van der Waals surface area contributed by atoms with E-state index in [0.29, 0.717) is 11.1 Å². The van der Waals surface area contributed by atoms with Crippen molar-refractivity contribution in [3.05, 3.63) is 33.9 Å². The monoisotopic (exact) mass is 227 g/mol. The predicted octanol–water partition coefficient (Wildman–Crippen LogP) is 3.36. The molecule has 16 heavy (non-hydrogen) atoms. The van der Waals surface area contributed by atoms with Gasteiger partial charge in [-0.05, 0) is 56.5 Å². The molecule has 0 fully saturated rings. The minimum atomic E-state index is -2.82. The van der Waals surface area contributed by atoms with Crippen LogP contribution in [0.3, 0.4) is 0 Å². The van der Waals surface area contributed by atoms with E-state index >= 15 is 0 Å². The molecular formula is C13H19F2N. The highest BCUT2D eigenvalue weighted by molar-refractivity contribution is 5.46. The normalized spacial score (nSPS) is 11.9. The first-order chi connectivity index (χ1) is 7.31. The third-order valence-corrected chi connectivity index (χ3v) is 3.19. The summed E-state index contributed by atoms with van der Waals surface area (Å²) < 4.78 is 27.9. The van der Waals surface area contributed by atoms with Crippen molar-refractivity contribution in [1.82, 2.24) is 0 Å². The molecule has 0 atom stereocenters. The largest absolute Gasteiger partial charge is 0.330 e. The van der Waals surface area contributed by atoms with Crippen LogP contribution < -0.4 is 5.73 Å². The van der Waals surface area contributed by atoms with Crippen LogP contribution >= 0.6 is 0 Å². The lowest BCUT2D eigenvalue weighted by Crippen LogP contribution is -2.22. The summed E-state index contributed by atoms with van der Waals surface area (Å²) in [5.74, 6) is -2.82. The molecule has 3 heteroatoms. The molecule has 0 spiro atoms. The first-order valence-corrected chi connectivity index (χ1v) is 5.47. The van der Waals surface area contributed by atoms with Gasteiger partial charge < -0.3 is 5.73 Å². The van der Waals surface area contributed by atoms with E-state index in [2.05, 4.69) is 0 Å². The zero-order valence-electron chi connectivity index (χ0n) is 10.3. The molecular weight excluding hydrogens is 208 g/mol. The summed E-state index contributed by atoms with van der Waals surface area (Å²) in [6.07, 6.45) is -0.294. The van der Waals surface area contributed by atoms with E-state index in [9.17, 15) is 8.78 Å². The molecule has 0 aliphatic carbocycles. The fourth-order valence-electron chi connectivity index (χ4n) is 2.07. The standard InChI is InChI=1S/C13H19F2N/c1-8-7-9(2)11(4)12(10(8)3)13(14,15)5-6-16/h7H,5-6,16H2,1-4H3. The zero-order chi connectivity index (χ0) is 12.5. The maximum Gasteiger partial charge on any atom is 0.274 e. The second-order valence-corrected chi connectivity index (χ2v) is 4.38. The molecule has 0 bridgehead atoms. The zero-order valence-corrected chi connectivity index (χ0v) is 10.3. The molecule has 2 N–H and O–H groups in total. The summed E-state index contributed by atoms with van der Waals surface area (Å²) in [5.41, 5.74) is 8.60. The molecule has 0 heterocycles. The molecule has 1 rings (SSSR count). The number of benzene rings is 1. The van der Waals surface area contributed by atoms with Gasteiger partial charge in [0, 0.05) is 12.0 Å². The third-order valence-electron chi connectivity index (χ3n) is 3.19. The van der Waals surface area contributed by atoms with Crippen molar-refractivity contribution in [3.8, 4) is 0 Å². The second-order valence-electron chi connectivity index (χ2n) is 4.38. The highest BCUT2D eigenvalue weighted by atomic mass is 19.3. The minimum absolute atomic E-state index is 0.00112. The number of alkyl halides is 2. The van der Waals surface area contributed by atoms with Crippen LogP contribution in [-0.4, -0.2) is 6.54 Å². The van der Waals surface area contributed by atoms with E-state index < -0.39 is 5.92 Å². The third kappa shape index (κ3) is 2.24. The van der Waals surface area contributed by atoms with Gasteiger partial charge in [0.15, 0.2) is 0 Å². The van der Waals surface area contributed by atoms with Crippen molar-refractivity contribution in [2.75, 3.05) is 6.54 Å². The second kappa shape index (κ2) is 4.50. The number of rotatable bonds is 3. The first-order valence-electron chi connectivity index (χ1n) is 5.47. The average molecular weight is 227 g/mol. The predicted molar refractivity (Wildman–Crippen MR) is 63.0 cm³/mol. The summed E-state index contributed by atoms with van der Waals surface area (Å²) in [6.45, 7) is 7.23. The van der Waals surface area contributed by atoms with Crippen molar-refractivity contribution in [3.63, 3.8) is 0 Å². The van der Waals surface area contributed by atoms with Crippen molar-refractivity contribution < 1.29 is 8.78 Å². The molecule has 1 aromatic rings. The Bertz CT molecular complexity index is 371. The van der Waals surface area contributed by atoms with E-state index in [1.807, 2.05) is 19.9 Å². The molecule has 0 aliphatic rings. The topological polar surface area (TPSA) is 26.0 Å². The van der Waals surface area contributed by atoms with Gasteiger partial charge in [0.25, 0.3) is 5.92 Å². The summed E-state index contributed by atoms with van der Waals surface area (Å²) in [5, 5.41) is 0. The van der Waals surface area contributed by atoms with Crippen LogP contribution in [-0.2, 0) is 5.92 Å². The lowest BCUT2D eigenvalue weighted by atomic mass is 9.89. The quantitative estimate of drug-likeness (QED) is 0.841. The van der Waals surface area contributed by atoms with Gasteiger partial charge in [0.2, 0.25) is 0 Å². The van der Waals surface area contributed by atoms with Gasteiger partial charge in [-0.25, -0.2) is 8.78 Å². The maximum absolute atomic E-state index is 14.0. The Labute approximate surface area is 95.7 Å². The molecule has 0 aromatic heterocycles. The van der Waals surface area contributed by atoms with Crippen molar-refractivity contribution in [2.45, 2.75) is 40.0 Å². The van der Waals surface area contributed by atoms with Crippen LogP contribution in [0.2, 0.25) is 0 Å². The maximum atomic E-state index is 14.0. The van der Waals surface area contributed by atoms with E-state index in [1.54, 1.807) is 13.8 Å². The first kappa shape index (κ1) is 13.1. The summed E-state index contributed by atoms with van der Waals surface area (Å²) in [6, 6.07) is 1.95. The smallest absolute Gasteiger partial charge is 0.274 e. The van der Waals surface area contributed by atoms with E-state index in [4.69, 9.17) is 5.73 Å². The van der Waals surface area contributed by atoms with E-state index in [-0.39, 0.29) is 18.5 Å². The summed E-state index contributed by atoms with van der Waals surface area (Å²) >= 11 is 0. The highest BCUT2D eigenvalue weighted by Gasteiger charge is 2.34. The van der Waals surface area contributed by atoms with Crippen LogP contribution in [0.5, 0.6) is 0 Å². The molecule has 1 aromatic carbocycles. The summed E-state index contributed by atoms with van der Waals surface area (Å²) in [4.78, 5) is 0. The minimum Gasteiger partial charge on any atom is -0.330 e. The molecule has 0 amide bonds. The van der Waals surface area contributed by atoms with Gasteiger partial charge in [-0.2, -0.15) is 0 Å². The number of hydrogen-bond acceptors (Lipinski definition) is 1. The lowest BCUT2D eigenvalue weighted by Gasteiger charge is -2.23. The Kier molecular flexibility index (Phi) is 3.68. The Morgan fingerprint density at radius 1 is 1.06 bits per heavy atom. The van der Waals surface area contributed by atoms with Gasteiger partial charge in [0.1, 0.15) is 0 Å². The van der Waals surface area contributed by atoms with Crippen molar-refractivity contribution >= 4 is 0 Å². The fraction of sp³-hybridized carbons (Fsp3) is 0.538. The van der Waals surface area contributed by atoms with E-state index in [0.717, 1.165) is 11.1 Å². The van der Waals surface area contributed by atoms with Gasteiger partial charge in [0.05, 0.1) is 0 Å². The molecule has 0 saturated heterocycles. The SMILES string of the molecule is Cc1cc(C)c(C)c(C(F)(F)CCN)c1C. The van der Waals surface area contributed by atoms with Crippen molar-refractivity contribution in [2.24, 2.45) is 5.73 Å². The molecule has 0 unspecified atom stereocenters. The van der Waals surface area contributed by atoms with Gasteiger partial charge in [-0.1, -0.05) is 6.07 Å². The number of hydrogen-bond donors (Lipinski definition) is 1. The van der Waals surface area contributed by atoms with Crippen LogP contribution in [0.15, 0.2) is 6.07 Å². The van der Waals surface area contributed by atoms with Crippen LogP contribution in [0.4, 0.5) is 8.78 Å². The Morgan fingerprint density at radius 2 is 1.50 bits per heavy atom. The van der Waals surface area contributed by atoms with Crippen LogP contribution in [0, 0.1) is 27.7 Å². The molecule has 90 valence electrons. The number of nitrogens with two attached hydrogens (primary N) is 1. The lowest BCUT2D eigenvalue weighted by molar-refractivity contribution is -0.0120. The van der Waals surface area contributed by atoms with Crippen molar-refractivity contribution in [1.29, 1.82) is 0 Å². The fourth-order valence-corrected chi connectivity index (χ4v) is 2.07. The van der Waals surface area contributed by atoms with Crippen LogP contribution in [0.1, 0.15) is 34.2 Å². The van der Waals surface area contributed by atoms with Gasteiger partial charge >= 0.3 is 0 Å². The average Bonchev–Trinajstić information content (AvgIpc) is 2.14. The Hall–Kier alpha value is -0.960. The summed E-state index contributed by atoms with van der Waals surface area (Å²) in [7, 11) is 0. The Morgan fingerprint density at radius 3 is 1.88 bits per heavy atom. The number of aryl methyl sites for hydroxylation is 2. The molecule has 1 nitrogen and oxygen atoms in total. The molecule has 0 aliphatic heterocycles. The highest BCUT2D eigenvalue weighted by Crippen LogP contribution is 2.37. The van der Waals surface area contributed by atoms with E-state index in [1.165, 1.54) is 0 Å². The van der Waals surface area contributed by atoms with Crippen LogP contribution in [0.25, 0.3) is 0 Å². The number of halogens is 2. The van der Waals surface area contributed by atoms with Gasteiger partial charge in [-0.3, -0.25) is 0 Å². The molecule has 0 radical (unpaired) electrons. The van der Waals surface area contributed by atoms with Gasteiger partial charge in [-0.15, -0.1) is 0 Å². The molecule has 0 saturated carbocycles.